The number of hydrogen-bond donors (Lipinski definition) is 3. The number of hydrogen-bond acceptors (Lipinski definition) is 6. The van der Waals surface area contributed by atoms with Gasteiger partial charge in [0.1, 0.15) is 5.82 Å². The van der Waals surface area contributed by atoms with Crippen LogP contribution >= 0.6 is 0 Å². The van der Waals surface area contributed by atoms with Gasteiger partial charge in [-0.1, -0.05) is 6.92 Å². The lowest BCUT2D eigenvalue weighted by Crippen LogP contribution is -2.33. The summed E-state index contributed by atoms with van der Waals surface area (Å²) in [6, 6.07) is 0. The van der Waals surface area contributed by atoms with E-state index in [1.54, 1.807) is 13.2 Å². The van der Waals surface area contributed by atoms with Crippen LogP contribution in [-0.2, 0) is 4.74 Å². The van der Waals surface area contributed by atoms with E-state index < -0.39 is 0 Å². The van der Waals surface area contributed by atoms with Crippen LogP contribution in [0.1, 0.15) is 19.8 Å². The number of ether oxygens (including phenoxy) is 1. The van der Waals surface area contributed by atoms with Gasteiger partial charge in [0.25, 0.3) is 0 Å². The van der Waals surface area contributed by atoms with Crippen LogP contribution in [0.5, 0.6) is 0 Å². The number of H-pyrrole nitrogens is 1. The molecule has 0 saturated carbocycles. The first-order chi connectivity index (χ1) is 9.70. The molecule has 3 heterocycles. The number of rotatable bonds is 4. The van der Waals surface area contributed by atoms with E-state index in [4.69, 9.17) is 4.74 Å². The smallest absolute Gasteiger partial charge is 0.226 e. The lowest BCUT2D eigenvalue weighted by molar-refractivity contribution is 0.0300. The molecule has 0 unspecified atom stereocenters. The van der Waals surface area contributed by atoms with E-state index in [0.717, 1.165) is 49.5 Å². The van der Waals surface area contributed by atoms with Crippen molar-refractivity contribution in [1.82, 2.24) is 20.2 Å². The largest absolute Gasteiger partial charge is 0.381 e. The van der Waals surface area contributed by atoms with E-state index in [-0.39, 0.29) is 5.41 Å². The van der Waals surface area contributed by atoms with Crippen molar-refractivity contribution in [3.05, 3.63) is 6.20 Å². The Labute approximate surface area is 117 Å². The van der Waals surface area contributed by atoms with Gasteiger partial charge in [-0.15, -0.1) is 0 Å². The highest BCUT2D eigenvalue weighted by atomic mass is 16.5. The van der Waals surface area contributed by atoms with E-state index in [0.29, 0.717) is 5.95 Å². The predicted octanol–water partition coefficient (Wildman–Crippen LogP) is 1.62. The zero-order valence-corrected chi connectivity index (χ0v) is 11.9. The summed E-state index contributed by atoms with van der Waals surface area (Å²) in [7, 11) is 1.81. The number of aromatic amines is 1. The molecule has 1 saturated heterocycles. The second-order valence-corrected chi connectivity index (χ2v) is 5.55. The van der Waals surface area contributed by atoms with Gasteiger partial charge in [0.05, 0.1) is 11.6 Å². The number of anilines is 2. The van der Waals surface area contributed by atoms with Crippen LogP contribution in [0.4, 0.5) is 11.8 Å². The Morgan fingerprint density at radius 2 is 2.15 bits per heavy atom. The fourth-order valence-corrected chi connectivity index (χ4v) is 2.42. The van der Waals surface area contributed by atoms with Crippen LogP contribution in [0.2, 0.25) is 0 Å². The molecule has 0 radical (unpaired) electrons. The van der Waals surface area contributed by atoms with Crippen molar-refractivity contribution in [1.29, 1.82) is 0 Å². The van der Waals surface area contributed by atoms with Crippen molar-refractivity contribution in [2.75, 3.05) is 37.4 Å². The van der Waals surface area contributed by atoms with Gasteiger partial charge in [-0.3, -0.25) is 5.10 Å². The van der Waals surface area contributed by atoms with Crippen LogP contribution in [0.25, 0.3) is 11.0 Å². The highest BCUT2D eigenvalue weighted by Gasteiger charge is 2.27. The summed E-state index contributed by atoms with van der Waals surface area (Å²) in [5.41, 5.74) is 0.989. The summed E-state index contributed by atoms with van der Waals surface area (Å²) in [6.07, 6.45) is 3.89. The number of aromatic nitrogens is 4. The fraction of sp³-hybridized carbons (Fsp3) is 0.615. The molecule has 2 aromatic rings. The van der Waals surface area contributed by atoms with E-state index in [9.17, 15) is 0 Å². The molecule has 1 aliphatic rings. The van der Waals surface area contributed by atoms with Gasteiger partial charge in [0.15, 0.2) is 5.65 Å². The minimum Gasteiger partial charge on any atom is -0.381 e. The quantitative estimate of drug-likeness (QED) is 0.786. The molecule has 2 aromatic heterocycles. The maximum absolute atomic E-state index is 5.43. The third-order valence-corrected chi connectivity index (χ3v) is 3.92. The van der Waals surface area contributed by atoms with Gasteiger partial charge >= 0.3 is 0 Å². The molecule has 1 aliphatic heterocycles. The lowest BCUT2D eigenvalue weighted by Gasteiger charge is -2.33. The van der Waals surface area contributed by atoms with Crippen molar-refractivity contribution in [2.24, 2.45) is 5.41 Å². The predicted molar refractivity (Wildman–Crippen MR) is 77.9 cm³/mol. The molecule has 7 heteroatoms. The molecule has 0 aromatic carbocycles. The summed E-state index contributed by atoms with van der Waals surface area (Å²) < 4.78 is 5.43. The molecule has 7 nitrogen and oxygen atoms in total. The molecule has 108 valence electrons. The summed E-state index contributed by atoms with van der Waals surface area (Å²) >= 11 is 0. The molecule has 3 rings (SSSR count). The lowest BCUT2D eigenvalue weighted by atomic mass is 9.82. The van der Waals surface area contributed by atoms with Gasteiger partial charge < -0.3 is 15.4 Å². The van der Waals surface area contributed by atoms with Crippen LogP contribution in [0, 0.1) is 5.41 Å². The zero-order chi connectivity index (χ0) is 14.0. The molecule has 20 heavy (non-hydrogen) atoms. The normalized spacial score (nSPS) is 18.1. The molecular weight excluding hydrogens is 256 g/mol. The van der Waals surface area contributed by atoms with Gasteiger partial charge in [-0.2, -0.15) is 15.1 Å². The first kappa shape index (κ1) is 13.1. The van der Waals surface area contributed by atoms with Gasteiger partial charge in [-0.05, 0) is 18.3 Å². The van der Waals surface area contributed by atoms with E-state index in [1.807, 2.05) is 0 Å². The van der Waals surface area contributed by atoms with Crippen LogP contribution in [0.3, 0.4) is 0 Å². The summed E-state index contributed by atoms with van der Waals surface area (Å²) in [6.45, 7) is 4.84. The van der Waals surface area contributed by atoms with Crippen LogP contribution in [0.15, 0.2) is 6.20 Å². The molecule has 0 bridgehead atoms. The SMILES string of the molecule is CNc1nc(NCC2(C)CCOCC2)c2cn[nH]c2n1. The van der Waals surface area contributed by atoms with Crippen LogP contribution < -0.4 is 10.6 Å². The monoisotopic (exact) mass is 276 g/mol. The second-order valence-electron chi connectivity index (χ2n) is 5.55. The summed E-state index contributed by atoms with van der Waals surface area (Å²) in [5, 5.41) is 14.3. The third kappa shape index (κ3) is 2.53. The van der Waals surface area contributed by atoms with Crippen molar-refractivity contribution in [2.45, 2.75) is 19.8 Å². The highest BCUT2D eigenvalue weighted by Crippen LogP contribution is 2.30. The minimum atomic E-state index is 0.249. The highest BCUT2D eigenvalue weighted by molar-refractivity contribution is 5.86. The Morgan fingerprint density at radius 1 is 1.35 bits per heavy atom. The molecule has 3 N–H and O–H groups in total. The first-order valence-electron chi connectivity index (χ1n) is 6.91. The fourth-order valence-electron chi connectivity index (χ4n) is 2.42. The van der Waals surface area contributed by atoms with Crippen molar-refractivity contribution >= 4 is 22.8 Å². The molecule has 0 atom stereocenters. The Morgan fingerprint density at radius 3 is 2.90 bits per heavy atom. The topological polar surface area (TPSA) is 87.8 Å². The van der Waals surface area contributed by atoms with E-state index in [2.05, 4.69) is 37.7 Å². The molecule has 0 aliphatic carbocycles. The third-order valence-electron chi connectivity index (χ3n) is 3.92. The van der Waals surface area contributed by atoms with Crippen molar-refractivity contribution < 1.29 is 4.74 Å². The van der Waals surface area contributed by atoms with Crippen molar-refractivity contribution in [3.8, 4) is 0 Å². The standard InChI is InChI=1S/C13H20N6O/c1-13(3-5-20-6-4-13)8-15-10-9-7-16-19-11(9)18-12(14-2)17-10/h7H,3-6,8H2,1-2H3,(H3,14,15,16,17,18,19). The molecule has 1 fully saturated rings. The van der Waals surface area contributed by atoms with Gasteiger partial charge in [0.2, 0.25) is 5.95 Å². The Bertz CT molecular complexity index is 590. The van der Waals surface area contributed by atoms with E-state index >= 15 is 0 Å². The molecular formula is C13H20N6O. The van der Waals surface area contributed by atoms with Crippen LogP contribution in [-0.4, -0.2) is 47.0 Å². The summed E-state index contributed by atoms with van der Waals surface area (Å²) in [4.78, 5) is 8.81. The maximum Gasteiger partial charge on any atom is 0.226 e. The molecule has 0 spiro atoms. The average molecular weight is 276 g/mol. The van der Waals surface area contributed by atoms with Gasteiger partial charge in [-0.25, -0.2) is 0 Å². The van der Waals surface area contributed by atoms with Gasteiger partial charge in [0, 0.05) is 26.8 Å². The first-order valence-corrected chi connectivity index (χ1v) is 6.91. The Hall–Kier alpha value is -1.89. The summed E-state index contributed by atoms with van der Waals surface area (Å²) in [5.74, 6) is 1.40. The Balaban J connectivity index is 1.81. The zero-order valence-electron chi connectivity index (χ0n) is 11.9. The number of nitrogens with one attached hydrogen (secondary N) is 3. The number of fused-ring (bicyclic) bond motifs is 1. The minimum absolute atomic E-state index is 0.249. The number of nitrogens with zero attached hydrogens (tertiary/aromatic N) is 3. The Kier molecular flexibility index (Phi) is 3.43. The van der Waals surface area contributed by atoms with Crippen molar-refractivity contribution in [3.63, 3.8) is 0 Å². The second kappa shape index (κ2) is 5.24. The average Bonchev–Trinajstić information content (AvgIpc) is 2.93. The molecule has 0 amide bonds. The maximum atomic E-state index is 5.43. The van der Waals surface area contributed by atoms with E-state index in [1.165, 1.54) is 0 Å².